The molecule has 2 atom stereocenters. The molecule has 5 aromatic rings. The van der Waals surface area contributed by atoms with Gasteiger partial charge in [-0.1, -0.05) is 25.0 Å². The van der Waals surface area contributed by atoms with Crippen LogP contribution in [-0.2, 0) is 22.7 Å². The minimum Gasteiger partial charge on any atom is -0.383 e. The molecule has 1 aliphatic carbocycles. The molecule has 1 amide bonds. The Balaban J connectivity index is 1.39. The van der Waals surface area contributed by atoms with E-state index in [0.717, 1.165) is 24.8 Å². The van der Waals surface area contributed by atoms with Crippen molar-refractivity contribution in [3.63, 3.8) is 0 Å². The lowest BCUT2D eigenvalue weighted by atomic mass is 9.79. The Morgan fingerprint density at radius 3 is 2.39 bits per heavy atom. The van der Waals surface area contributed by atoms with Crippen LogP contribution in [0, 0.1) is 11.7 Å². The van der Waals surface area contributed by atoms with Crippen molar-refractivity contribution in [2.75, 3.05) is 11.1 Å². The first-order valence-electron chi connectivity index (χ1n) is 15.7. The highest BCUT2D eigenvalue weighted by atomic mass is 32.2. The fourth-order valence-electron chi connectivity index (χ4n) is 5.67. The van der Waals surface area contributed by atoms with Crippen molar-refractivity contribution in [3.8, 4) is 5.69 Å². The molecule has 1 unspecified atom stereocenters. The molecule has 3 heterocycles. The van der Waals surface area contributed by atoms with Crippen molar-refractivity contribution in [2.24, 2.45) is 5.92 Å². The standard InChI is InChI=1S/C35H35F4N7O2S/c1-33(2,3)49(48)45-34(14-10-21-4-5-21,23-12-15-41-16-13-23)24-7-9-27(36)28(18-24)43-32(47)29-20-30(35(37,38)39)46(44-29)25-8-6-22-11-17-42-31(40)26(22)19-25/h6-9,11-13,15-21,45H,4-5,10,14H2,1-3H3,(H2,40,42)(H,43,47)/t34?,49-/m1/s1. The van der Waals surface area contributed by atoms with Gasteiger partial charge in [-0.25, -0.2) is 23.0 Å². The van der Waals surface area contributed by atoms with E-state index in [1.54, 1.807) is 42.7 Å². The predicted octanol–water partition coefficient (Wildman–Crippen LogP) is 7.29. The number of carbonyl (C=O) groups excluding carboxylic acids is 1. The van der Waals surface area contributed by atoms with Gasteiger partial charge in [-0.3, -0.25) is 9.78 Å². The zero-order valence-electron chi connectivity index (χ0n) is 27.0. The van der Waals surface area contributed by atoms with Gasteiger partial charge in [0.1, 0.15) is 17.3 Å². The summed E-state index contributed by atoms with van der Waals surface area (Å²) in [4.78, 5) is 21.6. The smallest absolute Gasteiger partial charge is 0.383 e. The number of fused-ring (bicyclic) bond motifs is 1. The van der Waals surface area contributed by atoms with Gasteiger partial charge in [0.25, 0.3) is 5.91 Å². The van der Waals surface area contributed by atoms with Crippen LogP contribution in [0.15, 0.2) is 79.3 Å². The molecule has 1 saturated carbocycles. The summed E-state index contributed by atoms with van der Waals surface area (Å²) in [5.74, 6) is -1.25. The maximum atomic E-state index is 15.4. The fraction of sp³-hybridized carbons (Fsp3) is 0.314. The van der Waals surface area contributed by atoms with Gasteiger partial charge in [0.2, 0.25) is 0 Å². The van der Waals surface area contributed by atoms with Gasteiger partial charge in [0.05, 0.1) is 32.6 Å². The highest BCUT2D eigenvalue weighted by Gasteiger charge is 2.41. The SMILES string of the molecule is CC(C)(C)[S@@](=O)NC(CCC1CC1)(c1ccncc1)c1ccc(F)c(NC(=O)c2cc(C(F)(F)F)n(-c3ccc4ccnc(N)c4c3)n2)c1. The van der Waals surface area contributed by atoms with Crippen molar-refractivity contribution in [1.82, 2.24) is 24.5 Å². The van der Waals surface area contributed by atoms with Crippen molar-refractivity contribution < 1.29 is 26.6 Å². The lowest BCUT2D eigenvalue weighted by Crippen LogP contribution is -2.49. The molecule has 0 bridgehead atoms. The minimum atomic E-state index is -4.88. The summed E-state index contributed by atoms with van der Waals surface area (Å²) in [6.45, 7) is 5.51. The number of hydrogen-bond donors (Lipinski definition) is 3. The van der Waals surface area contributed by atoms with Crippen LogP contribution in [0.2, 0.25) is 0 Å². The first-order chi connectivity index (χ1) is 23.2. The van der Waals surface area contributed by atoms with Crippen molar-refractivity contribution in [2.45, 2.75) is 62.9 Å². The van der Waals surface area contributed by atoms with Crippen LogP contribution < -0.4 is 15.8 Å². The quantitative estimate of drug-likeness (QED) is 0.132. The average Bonchev–Trinajstić information content (AvgIpc) is 3.77. The van der Waals surface area contributed by atoms with Crippen LogP contribution in [0.4, 0.5) is 29.1 Å². The molecule has 6 rings (SSSR count). The average molecular weight is 694 g/mol. The first kappa shape index (κ1) is 34.2. The third kappa shape index (κ3) is 7.20. The molecule has 49 heavy (non-hydrogen) atoms. The number of carbonyl (C=O) groups is 1. The molecule has 0 saturated heterocycles. The van der Waals surface area contributed by atoms with Crippen LogP contribution in [0.25, 0.3) is 16.5 Å². The van der Waals surface area contributed by atoms with Gasteiger partial charge in [0, 0.05) is 30.0 Å². The maximum absolute atomic E-state index is 15.4. The lowest BCUT2D eigenvalue weighted by Gasteiger charge is -2.38. The normalized spacial score (nSPS) is 15.6. The zero-order valence-corrected chi connectivity index (χ0v) is 27.8. The molecule has 14 heteroatoms. The molecule has 3 aromatic heterocycles. The number of nitrogens with one attached hydrogen (secondary N) is 2. The highest BCUT2D eigenvalue weighted by molar-refractivity contribution is 7.84. The van der Waals surface area contributed by atoms with Gasteiger partial charge < -0.3 is 11.1 Å². The van der Waals surface area contributed by atoms with Crippen molar-refractivity contribution in [3.05, 3.63) is 108 Å². The van der Waals surface area contributed by atoms with Crippen LogP contribution in [-0.4, -0.2) is 34.6 Å². The van der Waals surface area contributed by atoms with E-state index in [4.69, 9.17) is 5.73 Å². The van der Waals surface area contributed by atoms with E-state index in [0.29, 0.717) is 39.4 Å². The fourth-order valence-corrected chi connectivity index (χ4v) is 6.63. The number of pyridine rings is 2. The topological polar surface area (TPSA) is 128 Å². The Hall–Kier alpha value is -4.69. The second kappa shape index (κ2) is 13.0. The number of amides is 1. The first-order valence-corrected chi connectivity index (χ1v) is 16.8. The molecule has 0 aliphatic heterocycles. The lowest BCUT2D eigenvalue weighted by molar-refractivity contribution is -0.142. The number of benzene rings is 2. The number of halogens is 4. The largest absolute Gasteiger partial charge is 0.433 e. The molecular weight excluding hydrogens is 658 g/mol. The number of rotatable bonds is 10. The maximum Gasteiger partial charge on any atom is 0.433 e. The number of nitrogen functional groups attached to an aromatic ring is 1. The second-order valence-electron chi connectivity index (χ2n) is 13.2. The Labute approximate surface area is 282 Å². The van der Waals surface area contributed by atoms with E-state index < -0.39 is 50.6 Å². The van der Waals surface area contributed by atoms with E-state index >= 15 is 4.39 Å². The summed E-state index contributed by atoms with van der Waals surface area (Å²) >= 11 is 0. The molecule has 0 spiro atoms. The summed E-state index contributed by atoms with van der Waals surface area (Å²) in [5, 5.41) is 7.49. The zero-order chi connectivity index (χ0) is 35.1. The van der Waals surface area contributed by atoms with Crippen LogP contribution >= 0.6 is 0 Å². The molecule has 9 nitrogen and oxygen atoms in total. The summed E-state index contributed by atoms with van der Waals surface area (Å²) in [6, 6.07) is 14.4. The van der Waals surface area contributed by atoms with E-state index in [9.17, 15) is 22.2 Å². The molecule has 1 fully saturated rings. The summed E-state index contributed by atoms with van der Waals surface area (Å²) in [6.07, 6.45) is 3.29. The molecule has 4 N–H and O–H groups in total. The van der Waals surface area contributed by atoms with Crippen LogP contribution in [0.5, 0.6) is 0 Å². The van der Waals surface area contributed by atoms with Crippen LogP contribution in [0.1, 0.15) is 73.8 Å². The number of alkyl halides is 3. The monoisotopic (exact) mass is 693 g/mol. The molecule has 1 aliphatic rings. The Kier molecular flexibility index (Phi) is 9.05. The third-order valence-electron chi connectivity index (χ3n) is 8.59. The third-order valence-corrected chi connectivity index (χ3v) is 10.2. The summed E-state index contributed by atoms with van der Waals surface area (Å²) in [5.41, 5.74) is 4.07. The molecule has 2 aromatic carbocycles. The van der Waals surface area contributed by atoms with E-state index in [1.807, 2.05) is 20.8 Å². The van der Waals surface area contributed by atoms with E-state index in [2.05, 4.69) is 25.1 Å². The number of aromatic nitrogens is 4. The van der Waals surface area contributed by atoms with Crippen LogP contribution in [0.3, 0.4) is 0 Å². The minimum absolute atomic E-state index is 0.00229. The summed E-state index contributed by atoms with van der Waals surface area (Å²) in [7, 11) is -1.57. The van der Waals surface area contributed by atoms with E-state index in [-0.39, 0.29) is 17.2 Å². The summed E-state index contributed by atoms with van der Waals surface area (Å²) < 4.78 is 75.1. The molecule has 256 valence electrons. The Morgan fingerprint density at radius 2 is 1.71 bits per heavy atom. The molecule has 0 radical (unpaired) electrons. The molecular formula is C35H35F4N7O2S. The number of anilines is 2. The van der Waals surface area contributed by atoms with Crippen molar-refractivity contribution >= 4 is 39.2 Å². The number of nitrogens with zero attached hydrogens (tertiary/aromatic N) is 4. The van der Waals surface area contributed by atoms with Gasteiger partial charge in [-0.15, -0.1) is 0 Å². The Bertz CT molecular complexity index is 2040. The van der Waals surface area contributed by atoms with Gasteiger partial charge >= 0.3 is 6.18 Å². The van der Waals surface area contributed by atoms with Gasteiger partial charge in [-0.2, -0.15) is 18.3 Å². The van der Waals surface area contributed by atoms with Crippen molar-refractivity contribution in [1.29, 1.82) is 0 Å². The predicted molar refractivity (Wildman–Crippen MR) is 181 cm³/mol. The second-order valence-corrected chi connectivity index (χ2v) is 15.1. The van der Waals surface area contributed by atoms with Gasteiger partial charge in [0.15, 0.2) is 5.69 Å². The number of nitrogens with two attached hydrogens (primary N) is 1. The highest BCUT2D eigenvalue weighted by Crippen LogP contribution is 2.43. The Morgan fingerprint density at radius 1 is 0.980 bits per heavy atom. The van der Waals surface area contributed by atoms with E-state index in [1.165, 1.54) is 30.5 Å². The van der Waals surface area contributed by atoms with Gasteiger partial charge in [-0.05, 0) is 98.5 Å². The number of hydrogen-bond acceptors (Lipinski definition) is 6.